The molecule has 1 fully saturated rings. The molecule has 2 aliphatic carbocycles. The molecule has 1 aromatic carbocycles. The highest BCUT2D eigenvalue weighted by atomic mass is 16.3. The van der Waals surface area contributed by atoms with Gasteiger partial charge in [0.15, 0.2) is 0 Å². The monoisotopic (exact) mass is 258 g/mol. The summed E-state index contributed by atoms with van der Waals surface area (Å²) in [7, 11) is 0. The topological polar surface area (TPSA) is 20.2 Å². The van der Waals surface area contributed by atoms with Crippen LogP contribution >= 0.6 is 0 Å². The number of aliphatic hydroxyl groups is 1. The Morgan fingerprint density at radius 3 is 2.63 bits per heavy atom. The molecule has 0 aliphatic heterocycles. The Labute approximate surface area is 117 Å². The van der Waals surface area contributed by atoms with Gasteiger partial charge in [-0.2, -0.15) is 0 Å². The standard InChI is InChI=1S/C18H26O/c1-17(2)9-4-10-18(19,13-17)12-14-7-8-15-5-3-6-16(15)11-14/h7-8,11,19H,3-6,9-10,12-13H2,1-2H3. The minimum absolute atomic E-state index is 0.295. The average Bonchev–Trinajstić information content (AvgIpc) is 2.73. The highest BCUT2D eigenvalue weighted by Crippen LogP contribution is 2.42. The molecule has 19 heavy (non-hydrogen) atoms. The van der Waals surface area contributed by atoms with Crippen LogP contribution in [0.4, 0.5) is 0 Å². The van der Waals surface area contributed by atoms with Gasteiger partial charge in [-0.15, -0.1) is 0 Å². The highest BCUT2D eigenvalue weighted by molar-refractivity contribution is 5.35. The minimum Gasteiger partial charge on any atom is -0.390 e. The summed E-state index contributed by atoms with van der Waals surface area (Å²) >= 11 is 0. The molecule has 1 nitrogen and oxygen atoms in total. The smallest absolute Gasteiger partial charge is 0.0693 e. The van der Waals surface area contributed by atoms with Gasteiger partial charge in [0.2, 0.25) is 0 Å². The molecule has 0 radical (unpaired) electrons. The lowest BCUT2D eigenvalue weighted by Gasteiger charge is -2.41. The van der Waals surface area contributed by atoms with Crippen LogP contribution < -0.4 is 0 Å². The Morgan fingerprint density at radius 2 is 1.84 bits per heavy atom. The van der Waals surface area contributed by atoms with Crippen molar-refractivity contribution in [2.24, 2.45) is 5.41 Å². The van der Waals surface area contributed by atoms with Crippen LogP contribution in [0.15, 0.2) is 18.2 Å². The lowest BCUT2D eigenvalue weighted by Crippen LogP contribution is -2.40. The fourth-order valence-corrected chi connectivity index (χ4v) is 4.23. The SMILES string of the molecule is CC1(C)CCCC(O)(Cc2ccc3c(c2)CCC3)C1. The van der Waals surface area contributed by atoms with Crippen LogP contribution in [0, 0.1) is 5.41 Å². The van der Waals surface area contributed by atoms with Crippen LogP contribution in [0.3, 0.4) is 0 Å². The average molecular weight is 258 g/mol. The molecule has 0 spiro atoms. The van der Waals surface area contributed by atoms with Gasteiger partial charge in [0.1, 0.15) is 0 Å². The maximum absolute atomic E-state index is 10.9. The molecule has 1 N–H and O–H groups in total. The molecule has 0 saturated heterocycles. The fraction of sp³-hybridized carbons (Fsp3) is 0.667. The van der Waals surface area contributed by atoms with Crippen molar-refractivity contribution < 1.29 is 5.11 Å². The lowest BCUT2D eigenvalue weighted by molar-refractivity contribution is -0.0382. The molecule has 0 aromatic heterocycles. The van der Waals surface area contributed by atoms with E-state index in [0.717, 1.165) is 25.7 Å². The van der Waals surface area contributed by atoms with Gasteiger partial charge in [-0.05, 0) is 60.6 Å². The molecule has 3 rings (SSSR count). The van der Waals surface area contributed by atoms with E-state index >= 15 is 0 Å². The molecule has 1 heteroatoms. The van der Waals surface area contributed by atoms with Crippen molar-refractivity contribution in [1.29, 1.82) is 0 Å². The van der Waals surface area contributed by atoms with Crippen LogP contribution in [-0.4, -0.2) is 10.7 Å². The summed E-state index contributed by atoms with van der Waals surface area (Å²) in [5.74, 6) is 0. The Bertz CT molecular complexity index is 475. The van der Waals surface area contributed by atoms with E-state index in [1.807, 2.05) is 0 Å². The zero-order valence-corrected chi connectivity index (χ0v) is 12.3. The second-order valence-corrected chi connectivity index (χ2v) is 7.55. The van der Waals surface area contributed by atoms with Crippen LogP contribution in [0.5, 0.6) is 0 Å². The Morgan fingerprint density at radius 1 is 1.05 bits per heavy atom. The van der Waals surface area contributed by atoms with Crippen LogP contribution in [0.1, 0.15) is 62.6 Å². The Balaban J connectivity index is 1.77. The van der Waals surface area contributed by atoms with Crippen LogP contribution in [0.2, 0.25) is 0 Å². The predicted molar refractivity (Wildman–Crippen MR) is 79.4 cm³/mol. The molecule has 104 valence electrons. The first-order valence-electron chi connectivity index (χ1n) is 7.79. The number of hydrogen-bond acceptors (Lipinski definition) is 1. The Hall–Kier alpha value is -0.820. The van der Waals surface area contributed by atoms with E-state index < -0.39 is 5.60 Å². The number of aryl methyl sites for hydroxylation is 2. The van der Waals surface area contributed by atoms with E-state index in [1.54, 1.807) is 0 Å². The van der Waals surface area contributed by atoms with Gasteiger partial charge in [-0.3, -0.25) is 0 Å². The molecule has 1 saturated carbocycles. The maximum Gasteiger partial charge on any atom is 0.0693 e. The summed E-state index contributed by atoms with van der Waals surface area (Å²) in [4.78, 5) is 0. The second kappa shape index (κ2) is 4.63. The predicted octanol–water partition coefficient (Wildman–Crippen LogP) is 4.05. The van der Waals surface area contributed by atoms with Gasteiger partial charge >= 0.3 is 0 Å². The number of fused-ring (bicyclic) bond motifs is 1. The molecule has 0 heterocycles. The first-order valence-corrected chi connectivity index (χ1v) is 7.79. The van der Waals surface area contributed by atoms with E-state index in [0.29, 0.717) is 5.41 Å². The molecule has 2 aliphatic rings. The van der Waals surface area contributed by atoms with Crippen molar-refractivity contribution in [2.45, 2.75) is 70.8 Å². The zero-order chi connectivity index (χ0) is 13.5. The third-order valence-electron chi connectivity index (χ3n) is 5.00. The number of rotatable bonds is 2. The summed E-state index contributed by atoms with van der Waals surface area (Å²) < 4.78 is 0. The van der Waals surface area contributed by atoms with Crippen LogP contribution in [-0.2, 0) is 19.3 Å². The molecular formula is C18H26O. The largest absolute Gasteiger partial charge is 0.390 e. The summed E-state index contributed by atoms with van der Waals surface area (Å²) in [6.45, 7) is 4.58. The van der Waals surface area contributed by atoms with Gasteiger partial charge in [0.05, 0.1) is 5.60 Å². The van der Waals surface area contributed by atoms with E-state index in [1.165, 1.54) is 42.4 Å². The summed E-state index contributed by atoms with van der Waals surface area (Å²) in [6, 6.07) is 6.88. The third kappa shape index (κ3) is 2.86. The summed E-state index contributed by atoms with van der Waals surface area (Å²) in [5, 5.41) is 10.9. The van der Waals surface area contributed by atoms with E-state index in [2.05, 4.69) is 32.0 Å². The minimum atomic E-state index is -0.478. The number of hydrogen-bond donors (Lipinski definition) is 1. The van der Waals surface area contributed by atoms with Gasteiger partial charge < -0.3 is 5.11 Å². The molecule has 0 amide bonds. The van der Waals surface area contributed by atoms with E-state index in [9.17, 15) is 5.11 Å². The van der Waals surface area contributed by atoms with Crippen molar-refractivity contribution in [3.8, 4) is 0 Å². The van der Waals surface area contributed by atoms with Crippen molar-refractivity contribution >= 4 is 0 Å². The zero-order valence-electron chi connectivity index (χ0n) is 12.3. The molecule has 1 aromatic rings. The van der Waals surface area contributed by atoms with Crippen LogP contribution in [0.25, 0.3) is 0 Å². The van der Waals surface area contributed by atoms with Crippen molar-refractivity contribution in [3.05, 3.63) is 34.9 Å². The summed E-state index contributed by atoms with van der Waals surface area (Å²) in [6.07, 6.45) is 8.93. The molecular weight excluding hydrogens is 232 g/mol. The van der Waals surface area contributed by atoms with E-state index in [4.69, 9.17) is 0 Å². The second-order valence-electron chi connectivity index (χ2n) is 7.55. The highest BCUT2D eigenvalue weighted by Gasteiger charge is 2.38. The summed E-state index contributed by atoms with van der Waals surface area (Å²) in [5.41, 5.74) is 4.20. The van der Waals surface area contributed by atoms with E-state index in [-0.39, 0.29) is 0 Å². The molecule has 1 unspecified atom stereocenters. The first kappa shape index (κ1) is 13.2. The maximum atomic E-state index is 10.9. The van der Waals surface area contributed by atoms with Gasteiger partial charge in [0, 0.05) is 6.42 Å². The lowest BCUT2D eigenvalue weighted by atomic mass is 9.68. The quantitative estimate of drug-likeness (QED) is 0.848. The van der Waals surface area contributed by atoms with Crippen molar-refractivity contribution in [3.63, 3.8) is 0 Å². The van der Waals surface area contributed by atoms with Gasteiger partial charge in [-0.25, -0.2) is 0 Å². The number of benzene rings is 1. The normalized spacial score (nSPS) is 29.2. The fourth-order valence-electron chi connectivity index (χ4n) is 4.23. The molecule has 1 atom stereocenters. The third-order valence-corrected chi connectivity index (χ3v) is 5.00. The van der Waals surface area contributed by atoms with Gasteiger partial charge in [-0.1, -0.05) is 38.5 Å². The van der Waals surface area contributed by atoms with Crippen molar-refractivity contribution in [1.82, 2.24) is 0 Å². The first-order chi connectivity index (χ1) is 8.96. The van der Waals surface area contributed by atoms with Gasteiger partial charge in [0.25, 0.3) is 0 Å². The molecule has 0 bridgehead atoms. The van der Waals surface area contributed by atoms with Crippen molar-refractivity contribution in [2.75, 3.05) is 0 Å². The Kier molecular flexibility index (Phi) is 3.21.